The van der Waals surface area contributed by atoms with Crippen LogP contribution in [-0.2, 0) is 114 Å². The van der Waals surface area contributed by atoms with Crippen LogP contribution in [-0.4, -0.2) is 273 Å². The molecular weight excluding hydrogens is 1620 g/mol. The quantitative estimate of drug-likeness (QED) is 0.0216. The van der Waals surface area contributed by atoms with Gasteiger partial charge in [-0.25, -0.2) is 4.79 Å². The van der Waals surface area contributed by atoms with Crippen LogP contribution in [0.25, 0.3) is 0 Å². The molecule has 0 saturated carbocycles. The molecule has 0 aromatic heterocycles. The third-order valence-electron chi connectivity index (χ3n) is 18.4. The molecule has 0 unspecified atom stereocenters. The molecule has 0 aliphatic carbocycles. The third-order valence-corrected chi connectivity index (χ3v) is 18.7. The number of carbonyl (C=O) groups excluding carboxylic acids is 14. The van der Waals surface area contributed by atoms with Crippen LogP contribution in [0.15, 0.2) is 54.6 Å². The number of unbranched alkanes of at least 4 members (excludes halogenated alkanes) is 1. The second kappa shape index (κ2) is 53.0. The molecule has 28 N–H and O–H groups in total. The fourth-order valence-corrected chi connectivity index (χ4v) is 11.6. The molecule has 14 amide bonds. The number of aliphatic hydroxyl groups excluding tert-OH is 1. The van der Waals surface area contributed by atoms with Gasteiger partial charge < -0.3 is 132 Å². The van der Waals surface area contributed by atoms with Gasteiger partial charge in [-0.2, -0.15) is 12.6 Å². The number of thiol groups is 1. The van der Waals surface area contributed by atoms with E-state index >= 15 is 0 Å². The fourth-order valence-electron chi connectivity index (χ4n) is 11.3. The average molecular weight is 1730 g/mol. The lowest BCUT2D eigenvalue weighted by Gasteiger charge is -2.30. The molecule has 2 aromatic rings. The van der Waals surface area contributed by atoms with Gasteiger partial charge in [-0.1, -0.05) is 76.6 Å². The van der Waals surface area contributed by atoms with E-state index < -0.39 is 316 Å². The highest BCUT2D eigenvalue weighted by molar-refractivity contribution is 7.80. The van der Waals surface area contributed by atoms with Crippen LogP contribution in [0.4, 0.5) is 0 Å². The monoisotopic (exact) mass is 1730 g/mol. The first kappa shape index (κ1) is 104. The number of nitrogens with two attached hydrogens (primary N) is 3. The number of phenolic OH excluding ortho intramolecular Hbond substituents is 1. The minimum atomic E-state index is -2.23. The summed E-state index contributed by atoms with van der Waals surface area (Å²) < 4.78 is 0. The molecule has 0 radical (unpaired) electrons. The summed E-state index contributed by atoms with van der Waals surface area (Å²) in [5, 5.41) is 117. The molecule has 0 spiro atoms. The summed E-state index contributed by atoms with van der Waals surface area (Å²) in [7, 11) is 0. The van der Waals surface area contributed by atoms with Crippen molar-refractivity contribution in [2.24, 2.45) is 29.0 Å². The van der Waals surface area contributed by atoms with Crippen molar-refractivity contribution in [2.45, 2.75) is 234 Å². The number of benzene rings is 2. The lowest BCUT2D eigenvalue weighted by atomic mass is 9.96. The van der Waals surface area contributed by atoms with Crippen LogP contribution in [0.3, 0.4) is 0 Å². The molecule has 0 heterocycles. The minimum Gasteiger partial charge on any atom is -0.508 e. The van der Waals surface area contributed by atoms with E-state index in [1.165, 1.54) is 69.3 Å². The first-order chi connectivity index (χ1) is 56.7. The molecule has 2 aromatic carbocycles. The van der Waals surface area contributed by atoms with E-state index in [2.05, 4.69) is 71.1 Å². The van der Waals surface area contributed by atoms with Crippen molar-refractivity contribution in [1.82, 2.24) is 69.1 Å². The maximum Gasteiger partial charge on any atom is 0.326 e. The fraction of sp³-hybridized carbons (Fsp3) is 0.554. The highest BCUT2D eigenvalue weighted by atomic mass is 32.1. The lowest BCUT2D eigenvalue weighted by molar-refractivity contribution is -0.148. The van der Waals surface area contributed by atoms with E-state index in [1.807, 2.05) is 5.32 Å². The summed E-state index contributed by atoms with van der Waals surface area (Å²) >= 11 is 4.23. The van der Waals surface area contributed by atoms with E-state index in [0.29, 0.717) is 11.1 Å². The average Bonchev–Trinajstić information content (AvgIpc) is 0.851. The molecule has 47 heteroatoms. The number of nitrogens with one attached hydrogen (secondary N) is 13. The normalized spacial score (nSPS) is 15.0. The Bertz CT molecular complexity index is 3990. The summed E-state index contributed by atoms with van der Waals surface area (Å²) in [6.45, 7) is 7.30. The molecule has 2 rings (SSSR count). The van der Waals surface area contributed by atoms with Crippen molar-refractivity contribution >= 4 is 137 Å². The zero-order chi connectivity index (χ0) is 91.7. The van der Waals surface area contributed by atoms with Crippen molar-refractivity contribution in [3.8, 4) is 5.75 Å². The van der Waals surface area contributed by atoms with E-state index in [1.54, 1.807) is 25.2 Å². The van der Waals surface area contributed by atoms with Gasteiger partial charge in [0, 0.05) is 44.3 Å². The standard InChI is InChI=1S/C74H108N16O30S/c1-6-35(4)60(90-69(114)46(85-71(116)58(77)36(5)91)29-38-15-17-39(92)18-16-38)73(118)88-50(33-121)70(115)82-44(22-26-54(98)99)65(110)89-59(34(2)3)72(117)86-45(28-37-12-8-7-9-13-37)66(111)84-47(30-55(100)101)67(112)81-41(19-23-51(76)93)62(107)78-40(14-10-11-27-75)61(106)79-42(20-24-52(94)95)63(108)80-43(21-25-53(96)97)64(109)83-48(31-56(102)103)68(113)87-49(74(119)120)32-57(104)105/h7-9,12-13,15-18,34-36,40-50,58-60,91-92,121H,6,10-11,14,19-33,75,77H2,1-5H3,(H2,76,93)(H,78,107)(H,79,106)(H,80,108)(H,81,112)(H,82,115)(H,83,109)(H,84,111)(H,85,116)(H,86,117)(H,87,113)(H,88,118)(H,89,110)(H,90,114)(H,94,95)(H,96,97)(H,98,99)(H,100,101)(H,102,103)(H,104,105)(H,119,120)/t35-,36+,40-,41-,42-,43-,44-,45-,46-,47-,48-,49-,50-,58-,59-,60-/m0/s1. The number of rotatable bonds is 58. The van der Waals surface area contributed by atoms with Gasteiger partial charge in [0.2, 0.25) is 82.7 Å². The van der Waals surface area contributed by atoms with Gasteiger partial charge in [-0.15, -0.1) is 0 Å². The Morgan fingerprint density at radius 3 is 1.05 bits per heavy atom. The summed E-state index contributed by atoms with van der Waals surface area (Å²) in [4.78, 5) is 279. The number of amides is 14. The Balaban J connectivity index is 2.60. The SMILES string of the molecule is CC[C@H](C)[C@H](NC(=O)[C@H](Cc1ccc(O)cc1)NC(=O)[C@@H](N)[C@@H](C)O)C(=O)N[C@@H](CS)C(=O)N[C@@H](CCC(=O)O)C(=O)N[C@H](C(=O)N[C@@H](Cc1ccccc1)C(=O)N[C@@H](CC(=O)O)C(=O)N[C@@H](CCC(N)=O)C(=O)N[C@@H](CCCCN)C(=O)N[C@@H](CCC(=O)O)C(=O)N[C@@H](CCC(=O)O)C(=O)N[C@@H](CC(=O)O)C(=O)N[C@@H](CC(=O)O)C(=O)O)C(C)C. The number of aromatic hydroxyl groups is 1. The van der Waals surface area contributed by atoms with Gasteiger partial charge in [0.05, 0.1) is 25.4 Å². The van der Waals surface area contributed by atoms with Crippen LogP contribution in [0.1, 0.15) is 142 Å². The van der Waals surface area contributed by atoms with Crippen LogP contribution in [0, 0.1) is 11.8 Å². The first-order valence-corrected chi connectivity index (χ1v) is 38.7. The van der Waals surface area contributed by atoms with Crippen molar-refractivity contribution in [1.29, 1.82) is 0 Å². The predicted molar refractivity (Wildman–Crippen MR) is 421 cm³/mol. The summed E-state index contributed by atoms with van der Waals surface area (Å²) in [6.07, 6.45) is -12.4. The molecule has 0 aliphatic rings. The number of carbonyl (C=O) groups is 21. The largest absolute Gasteiger partial charge is 0.508 e. The second-order valence-electron chi connectivity index (χ2n) is 28.5. The number of primary amides is 1. The van der Waals surface area contributed by atoms with E-state index in [4.69, 9.17) is 22.3 Å². The Kier molecular flexibility index (Phi) is 45.7. The molecule has 121 heavy (non-hydrogen) atoms. The Morgan fingerprint density at radius 1 is 0.364 bits per heavy atom. The van der Waals surface area contributed by atoms with Crippen LogP contribution < -0.4 is 86.3 Å². The highest BCUT2D eigenvalue weighted by Gasteiger charge is 2.40. The zero-order valence-corrected chi connectivity index (χ0v) is 67.6. The van der Waals surface area contributed by atoms with Crippen molar-refractivity contribution in [3.63, 3.8) is 0 Å². The summed E-state index contributed by atoms with van der Waals surface area (Å²) in [6, 6.07) is -12.8. The van der Waals surface area contributed by atoms with E-state index in [0.717, 1.165) is 0 Å². The number of hydrogen-bond donors (Lipinski definition) is 26. The number of hydrogen-bond acceptors (Lipinski definition) is 26. The van der Waals surface area contributed by atoms with Gasteiger partial charge >= 0.3 is 41.8 Å². The maximum atomic E-state index is 14.7. The number of aliphatic carboxylic acids is 7. The van der Waals surface area contributed by atoms with E-state index in [-0.39, 0.29) is 38.0 Å². The van der Waals surface area contributed by atoms with Crippen molar-refractivity contribution in [2.75, 3.05) is 12.3 Å². The van der Waals surface area contributed by atoms with Gasteiger partial charge in [0.25, 0.3) is 0 Å². The van der Waals surface area contributed by atoms with Crippen molar-refractivity contribution in [3.05, 3.63) is 65.7 Å². The van der Waals surface area contributed by atoms with Gasteiger partial charge in [-0.05, 0) is 93.5 Å². The van der Waals surface area contributed by atoms with Crippen molar-refractivity contribution < 1.29 is 147 Å². The summed E-state index contributed by atoms with van der Waals surface area (Å²) in [5.41, 5.74) is 17.7. The Labute approximate surface area is 697 Å². The molecular formula is C74H108N16O30S. The van der Waals surface area contributed by atoms with E-state index in [9.17, 15) is 142 Å². The molecule has 0 bridgehead atoms. The molecule has 0 saturated heterocycles. The second-order valence-corrected chi connectivity index (χ2v) is 28.9. The highest BCUT2D eigenvalue weighted by Crippen LogP contribution is 2.17. The van der Waals surface area contributed by atoms with Crippen LogP contribution >= 0.6 is 12.6 Å². The lowest BCUT2D eigenvalue weighted by Crippen LogP contribution is -2.62. The van der Waals surface area contributed by atoms with Crippen LogP contribution in [0.2, 0.25) is 0 Å². The topological polar surface area (TPSA) is 775 Å². The number of carboxylic acids is 7. The van der Waals surface area contributed by atoms with Gasteiger partial charge in [0.15, 0.2) is 0 Å². The molecule has 0 fully saturated rings. The van der Waals surface area contributed by atoms with Crippen LogP contribution in [0.5, 0.6) is 5.75 Å². The number of carboxylic acid groups (broad SMARTS) is 7. The Morgan fingerprint density at radius 2 is 0.678 bits per heavy atom. The molecule has 46 nitrogen and oxygen atoms in total. The predicted octanol–water partition coefficient (Wildman–Crippen LogP) is -6.68. The minimum absolute atomic E-state index is 0.0239. The summed E-state index contributed by atoms with van der Waals surface area (Å²) in [5.74, 6) is -31.5. The Hall–Kier alpha value is -12.7. The maximum absolute atomic E-state index is 14.7. The number of phenols is 1. The smallest absolute Gasteiger partial charge is 0.326 e. The molecule has 670 valence electrons. The molecule has 0 aliphatic heterocycles. The van der Waals surface area contributed by atoms with Gasteiger partial charge in [-0.3, -0.25) is 95.9 Å². The first-order valence-electron chi connectivity index (χ1n) is 38.1. The molecule has 16 atom stereocenters. The van der Waals surface area contributed by atoms with Gasteiger partial charge in [0.1, 0.15) is 90.3 Å². The zero-order valence-electron chi connectivity index (χ0n) is 66.7. The number of aliphatic hydroxyl groups is 1. The third kappa shape index (κ3) is 39.2.